The highest BCUT2D eigenvalue weighted by Crippen LogP contribution is 2.32. The number of carboxylic acid groups (broad SMARTS) is 1. The van der Waals surface area contributed by atoms with Crippen LogP contribution in [0, 0.1) is 0 Å². The predicted molar refractivity (Wildman–Crippen MR) is 129 cm³/mol. The lowest BCUT2D eigenvalue weighted by molar-refractivity contribution is -0.137. The lowest BCUT2D eigenvalue weighted by Gasteiger charge is -2.31. The number of hydrogen-bond donors (Lipinski definition) is 3. The van der Waals surface area contributed by atoms with E-state index in [1.54, 1.807) is 40.6 Å². The standard InChI is InChI=1S/C14H17N3O3S.C8H6N2OS/c1-10-17(9-15)12(8-21-10)16(7-13(18)19)14(20)11-5-3-2-4-6-11;9-7(11)8-10-5-3-1-2-4-6(5)12-8/h2-6,8,10H,7,9,15H2,1H3,(H,18,19);1-4H,(H2,9,11). The fourth-order valence-electron chi connectivity index (χ4n) is 3.05. The Labute approximate surface area is 198 Å². The molecule has 2 heterocycles. The number of carbonyl (C=O) groups excluding carboxylic acids is 2. The normalized spacial score (nSPS) is 14.9. The van der Waals surface area contributed by atoms with Gasteiger partial charge in [-0.05, 0) is 31.2 Å². The largest absolute Gasteiger partial charge is 0.480 e. The molecule has 4 rings (SSSR count). The van der Waals surface area contributed by atoms with E-state index in [1.807, 2.05) is 31.2 Å². The summed E-state index contributed by atoms with van der Waals surface area (Å²) in [6.07, 6.45) is 0. The number of rotatable bonds is 6. The van der Waals surface area contributed by atoms with Crippen LogP contribution in [0.2, 0.25) is 0 Å². The molecule has 0 radical (unpaired) electrons. The summed E-state index contributed by atoms with van der Waals surface area (Å²) >= 11 is 2.82. The van der Waals surface area contributed by atoms with Crippen molar-refractivity contribution in [3.05, 3.63) is 76.4 Å². The van der Waals surface area contributed by atoms with Crippen molar-refractivity contribution in [2.75, 3.05) is 13.2 Å². The molecular formula is C22H23N5O4S2. The first-order chi connectivity index (χ1) is 15.8. The molecule has 0 bridgehead atoms. The second kappa shape index (κ2) is 10.9. The first-order valence-corrected chi connectivity index (χ1v) is 11.6. The van der Waals surface area contributed by atoms with Crippen LogP contribution in [0.3, 0.4) is 0 Å². The zero-order valence-electron chi connectivity index (χ0n) is 17.7. The lowest BCUT2D eigenvalue weighted by atomic mass is 10.2. The summed E-state index contributed by atoms with van der Waals surface area (Å²) in [5, 5.41) is 11.3. The quantitative estimate of drug-likeness (QED) is 0.484. The maximum absolute atomic E-state index is 12.6. The van der Waals surface area contributed by atoms with Gasteiger partial charge in [-0.25, -0.2) is 4.98 Å². The van der Waals surface area contributed by atoms with Gasteiger partial charge in [-0.15, -0.1) is 23.1 Å². The summed E-state index contributed by atoms with van der Waals surface area (Å²) in [7, 11) is 0. The molecular weight excluding hydrogens is 462 g/mol. The Morgan fingerprint density at radius 3 is 2.39 bits per heavy atom. The molecule has 2 aromatic carbocycles. The van der Waals surface area contributed by atoms with Crippen LogP contribution in [-0.2, 0) is 4.79 Å². The number of nitrogens with two attached hydrogens (primary N) is 2. The van der Waals surface area contributed by atoms with Gasteiger partial charge in [0.05, 0.1) is 22.3 Å². The predicted octanol–water partition coefficient (Wildman–Crippen LogP) is 2.72. The fourth-order valence-corrected chi connectivity index (χ4v) is 4.79. The maximum atomic E-state index is 12.6. The molecule has 11 heteroatoms. The van der Waals surface area contributed by atoms with Gasteiger partial charge in [-0.3, -0.25) is 19.3 Å². The number of hydrogen-bond acceptors (Lipinski definition) is 8. The number of para-hydroxylation sites is 1. The second-order valence-electron chi connectivity index (χ2n) is 6.87. The van der Waals surface area contributed by atoms with Crippen LogP contribution in [0.15, 0.2) is 65.8 Å². The molecule has 1 atom stereocenters. The van der Waals surface area contributed by atoms with Gasteiger partial charge in [0.15, 0.2) is 5.01 Å². The number of carboxylic acids is 1. The van der Waals surface area contributed by atoms with Crippen LogP contribution in [-0.4, -0.2) is 56.3 Å². The zero-order valence-corrected chi connectivity index (χ0v) is 19.4. The Morgan fingerprint density at radius 1 is 1.12 bits per heavy atom. The molecule has 9 nitrogen and oxygen atoms in total. The van der Waals surface area contributed by atoms with E-state index < -0.39 is 18.4 Å². The Bertz CT molecular complexity index is 1150. The number of nitrogens with zero attached hydrogens (tertiary/aromatic N) is 3. The van der Waals surface area contributed by atoms with E-state index in [-0.39, 0.29) is 17.9 Å². The smallest absolute Gasteiger partial charge is 0.323 e. The molecule has 3 aromatic rings. The van der Waals surface area contributed by atoms with Gasteiger partial charge in [0.25, 0.3) is 11.8 Å². The lowest BCUT2D eigenvalue weighted by Crippen LogP contribution is -2.44. The number of thioether (sulfide) groups is 1. The number of aromatic nitrogens is 1. The van der Waals surface area contributed by atoms with E-state index in [0.29, 0.717) is 16.4 Å². The number of thiazole rings is 1. The molecule has 172 valence electrons. The molecule has 1 aromatic heterocycles. The minimum absolute atomic E-state index is 0.0740. The van der Waals surface area contributed by atoms with E-state index >= 15 is 0 Å². The van der Waals surface area contributed by atoms with Gasteiger partial charge in [-0.1, -0.05) is 30.3 Å². The summed E-state index contributed by atoms with van der Waals surface area (Å²) < 4.78 is 0.992. The van der Waals surface area contributed by atoms with Crippen molar-refractivity contribution in [3.63, 3.8) is 0 Å². The first-order valence-electron chi connectivity index (χ1n) is 9.88. The van der Waals surface area contributed by atoms with Crippen LogP contribution >= 0.6 is 23.1 Å². The monoisotopic (exact) mass is 485 g/mol. The molecule has 0 aliphatic carbocycles. The summed E-state index contributed by atoms with van der Waals surface area (Å²) in [4.78, 5) is 41.5. The number of carbonyl (C=O) groups is 3. The van der Waals surface area contributed by atoms with Gasteiger partial charge < -0.3 is 21.5 Å². The minimum atomic E-state index is -1.07. The third-order valence-corrected chi connectivity index (χ3v) is 6.69. The molecule has 33 heavy (non-hydrogen) atoms. The van der Waals surface area contributed by atoms with Crippen LogP contribution in [0.5, 0.6) is 0 Å². The molecule has 0 spiro atoms. The summed E-state index contributed by atoms with van der Waals surface area (Å²) in [5.74, 6) is -1.35. The minimum Gasteiger partial charge on any atom is -0.480 e. The number of amides is 2. The molecule has 5 N–H and O–H groups in total. The highest BCUT2D eigenvalue weighted by molar-refractivity contribution is 8.02. The molecule has 1 unspecified atom stereocenters. The zero-order chi connectivity index (χ0) is 24.0. The van der Waals surface area contributed by atoms with Crippen molar-refractivity contribution < 1.29 is 19.5 Å². The molecule has 0 fully saturated rings. The Balaban J connectivity index is 0.000000215. The first kappa shape index (κ1) is 24.2. The Morgan fingerprint density at radius 2 is 1.79 bits per heavy atom. The highest BCUT2D eigenvalue weighted by Gasteiger charge is 2.31. The Hall–Kier alpha value is -3.41. The van der Waals surface area contributed by atoms with Gasteiger partial charge >= 0.3 is 5.97 Å². The van der Waals surface area contributed by atoms with Gasteiger partial charge in [0.2, 0.25) is 0 Å². The fraction of sp³-hybridized carbons (Fsp3) is 0.182. The molecule has 1 aliphatic rings. The van der Waals surface area contributed by atoms with Crippen molar-refractivity contribution in [2.24, 2.45) is 11.5 Å². The molecule has 1 aliphatic heterocycles. The van der Waals surface area contributed by atoms with Crippen molar-refractivity contribution in [1.29, 1.82) is 0 Å². The van der Waals surface area contributed by atoms with Crippen LogP contribution in [0.1, 0.15) is 27.1 Å². The Kier molecular flexibility index (Phi) is 8.04. The third kappa shape index (κ3) is 5.89. The van der Waals surface area contributed by atoms with Gasteiger partial charge in [0, 0.05) is 11.0 Å². The topological polar surface area (TPSA) is 143 Å². The van der Waals surface area contributed by atoms with Crippen LogP contribution in [0.4, 0.5) is 0 Å². The van der Waals surface area contributed by atoms with Crippen molar-refractivity contribution in [2.45, 2.75) is 12.3 Å². The average Bonchev–Trinajstić information content (AvgIpc) is 3.41. The molecule has 0 saturated heterocycles. The van der Waals surface area contributed by atoms with E-state index in [9.17, 15) is 14.4 Å². The summed E-state index contributed by atoms with van der Waals surface area (Å²) in [5.41, 5.74) is 12.1. The SMILES string of the molecule is CC1SC=C(N(CC(=O)O)C(=O)c2ccccc2)N1CN.NC(=O)c1nc2ccccc2s1. The number of fused-ring (bicyclic) bond motifs is 1. The van der Waals surface area contributed by atoms with Crippen LogP contribution < -0.4 is 11.5 Å². The van der Waals surface area contributed by atoms with E-state index in [0.717, 1.165) is 10.2 Å². The van der Waals surface area contributed by atoms with Crippen molar-refractivity contribution in [1.82, 2.24) is 14.8 Å². The molecule has 2 amide bonds. The van der Waals surface area contributed by atoms with E-state index in [1.165, 1.54) is 28.0 Å². The van der Waals surface area contributed by atoms with Gasteiger partial charge in [0.1, 0.15) is 12.4 Å². The number of aliphatic carboxylic acids is 1. The third-order valence-electron chi connectivity index (χ3n) is 4.64. The number of primary amides is 1. The highest BCUT2D eigenvalue weighted by atomic mass is 32.2. The summed E-state index contributed by atoms with van der Waals surface area (Å²) in [6.45, 7) is 1.77. The van der Waals surface area contributed by atoms with Gasteiger partial charge in [-0.2, -0.15) is 0 Å². The average molecular weight is 486 g/mol. The molecule has 0 saturated carbocycles. The number of benzene rings is 2. The van der Waals surface area contributed by atoms with Crippen molar-refractivity contribution in [3.8, 4) is 0 Å². The second-order valence-corrected chi connectivity index (χ2v) is 9.09. The van der Waals surface area contributed by atoms with Crippen molar-refractivity contribution >= 4 is 51.1 Å². The maximum Gasteiger partial charge on any atom is 0.323 e. The van der Waals surface area contributed by atoms with Crippen LogP contribution in [0.25, 0.3) is 10.2 Å². The van der Waals surface area contributed by atoms with E-state index in [2.05, 4.69) is 4.98 Å². The van der Waals surface area contributed by atoms with E-state index in [4.69, 9.17) is 16.6 Å². The summed E-state index contributed by atoms with van der Waals surface area (Å²) in [6, 6.07) is 16.2.